The summed E-state index contributed by atoms with van der Waals surface area (Å²) in [5.41, 5.74) is 0.914. The average Bonchev–Trinajstić information content (AvgIpc) is 2.87. The van der Waals surface area contributed by atoms with E-state index in [4.69, 9.17) is 0 Å². The number of carbonyl (C=O) groups is 2. The van der Waals surface area contributed by atoms with Gasteiger partial charge in [-0.3, -0.25) is 19.8 Å². The van der Waals surface area contributed by atoms with Gasteiger partial charge in [0.05, 0.1) is 13.0 Å². The number of carbonyl (C=O) groups excluding carboxylic acids is 2. The molecule has 0 spiro atoms. The van der Waals surface area contributed by atoms with Crippen LogP contribution in [0, 0.1) is 0 Å². The Kier molecular flexibility index (Phi) is 5.90. The van der Waals surface area contributed by atoms with Gasteiger partial charge in [0.1, 0.15) is 0 Å². The van der Waals surface area contributed by atoms with Gasteiger partial charge >= 0.3 is 0 Å². The maximum atomic E-state index is 12.0. The molecule has 1 aromatic carbocycles. The summed E-state index contributed by atoms with van der Waals surface area (Å²) in [6, 6.07) is 9.83. The zero-order chi connectivity index (χ0) is 15.1. The number of hydrogen-bond acceptors (Lipinski definition) is 4. The second kappa shape index (κ2) is 7.90. The molecule has 5 nitrogen and oxygen atoms in total. The summed E-state index contributed by atoms with van der Waals surface area (Å²) in [7, 11) is 1.92. The van der Waals surface area contributed by atoms with Crippen molar-refractivity contribution >= 4 is 11.8 Å². The number of imide groups is 1. The van der Waals surface area contributed by atoms with Crippen LogP contribution in [-0.4, -0.2) is 49.4 Å². The topological polar surface area (TPSA) is 61.4 Å². The van der Waals surface area contributed by atoms with Crippen LogP contribution in [0.1, 0.15) is 18.4 Å². The molecule has 1 aromatic rings. The van der Waals surface area contributed by atoms with E-state index >= 15 is 0 Å². The van der Waals surface area contributed by atoms with E-state index in [-0.39, 0.29) is 18.2 Å². The van der Waals surface area contributed by atoms with Crippen LogP contribution in [0.25, 0.3) is 0 Å². The third-order valence-corrected chi connectivity index (χ3v) is 3.77. The standard InChI is InChI=1S/C16H23N3O2/c1-17-11-14-8-5-9-19(14)12-16(21)18-15(20)10-13-6-3-2-4-7-13/h2-4,6-7,14,17H,5,8-12H2,1H3,(H,18,20,21). The Morgan fingerprint density at radius 3 is 2.71 bits per heavy atom. The lowest BCUT2D eigenvalue weighted by Crippen LogP contribution is -2.44. The van der Waals surface area contributed by atoms with Crippen LogP contribution >= 0.6 is 0 Å². The second-order valence-electron chi connectivity index (χ2n) is 5.46. The molecule has 21 heavy (non-hydrogen) atoms. The minimum absolute atomic E-state index is 0.209. The van der Waals surface area contributed by atoms with Crippen LogP contribution in [0.15, 0.2) is 30.3 Å². The van der Waals surface area contributed by atoms with Gasteiger partial charge in [-0.25, -0.2) is 0 Å². The SMILES string of the molecule is CNCC1CCCN1CC(=O)NC(=O)Cc1ccccc1. The van der Waals surface area contributed by atoms with E-state index in [1.54, 1.807) is 0 Å². The normalized spacial score (nSPS) is 18.6. The quantitative estimate of drug-likeness (QED) is 0.803. The smallest absolute Gasteiger partial charge is 0.240 e. The Hall–Kier alpha value is -1.72. The van der Waals surface area contributed by atoms with E-state index in [1.807, 2.05) is 37.4 Å². The number of hydrogen-bond donors (Lipinski definition) is 2. The molecule has 2 amide bonds. The highest BCUT2D eigenvalue weighted by atomic mass is 16.2. The summed E-state index contributed by atoms with van der Waals surface area (Å²) >= 11 is 0. The molecule has 1 fully saturated rings. The van der Waals surface area contributed by atoms with Gasteiger partial charge < -0.3 is 5.32 Å². The van der Waals surface area contributed by atoms with Gasteiger partial charge in [0.2, 0.25) is 11.8 Å². The number of amides is 2. The van der Waals surface area contributed by atoms with E-state index in [0.29, 0.717) is 12.6 Å². The monoisotopic (exact) mass is 289 g/mol. The first-order valence-electron chi connectivity index (χ1n) is 7.44. The summed E-state index contributed by atoms with van der Waals surface area (Å²) in [5.74, 6) is -0.450. The zero-order valence-electron chi connectivity index (χ0n) is 12.5. The average molecular weight is 289 g/mol. The number of benzene rings is 1. The first-order valence-corrected chi connectivity index (χ1v) is 7.44. The van der Waals surface area contributed by atoms with Crippen molar-refractivity contribution in [1.82, 2.24) is 15.5 Å². The summed E-state index contributed by atoms with van der Waals surface area (Å²) in [6.45, 7) is 2.10. The van der Waals surface area contributed by atoms with Gasteiger partial charge in [-0.1, -0.05) is 30.3 Å². The van der Waals surface area contributed by atoms with Crippen LogP contribution in [0.5, 0.6) is 0 Å². The van der Waals surface area contributed by atoms with E-state index in [2.05, 4.69) is 15.5 Å². The van der Waals surface area contributed by atoms with Crippen molar-refractivity contribution in [3.8, 4) is 0 Å². The van der Waals surface area contributed by atoms with Crippen molar-refractivity contribution < 1.29 is 9.59 Å². The van der Waals surface area contributed by atoms with Crippen molar-refractivity contribution in [3.63, 3.8) is 0 Å². The molecule has 1 saturated heterocycles. The Morgan fingerprint density at radius 2 is 2.00 bits per heavy atom. The first kappa shape index (κ1) is 15.7. The predicted octanol–water partition coefficient (Wildman–Crippen LogP) is 0.556. The number of nitrogens with zero attached hydrogens (tertiary/aromatic N) is 1. The molecule has 0 saturated carbocycles. The van der Waals surface area contributed by atoms with Crippen LogP contribution in [0.3, 0.4) is 0 Å². The van der Waals surface area contributed by atoms with Crippen LogP contribution in [0.2, 0.25) is 0 Å². The Bertz CT molecular complexity index is 476. The largest absolute Gasteiger partial charge is 0.318 e. The number of likely N-dealkylation sites (tertiary alicyclic amines) is 1. The van der Waals surface area contributed by atoms with Crippen molar-refractivity contribution in [2.24, 2.45) is 0 Å². The van der Waals surface area contributed by atoms with E-state index in [9.17, 15) is 9.59 Å². The highest BCUT2D eigenvalue weighted by molar-refractivity contribution is 5.96. The van der Waals surface area contributed by atoms with Crippen molar-refractivity contribution in [2.45, 2.75) is 25.3 Å². The van der Waals surface area contributed by atoms with Gasteiger partial charge in [0.25, 0.3) is 0 Å². The van der Waals surface area contributed by atoms with E-state index in [0.717, 1.165) is 31.5 Å². The molecule has 1 atom stereocenters. The minimum atomic E-state index is -0.240. The minimum Gasteiger partial charge on any atom is -0.318 e. The molecule has 0 aromatic heterocycles. The molecule has 114 valence electrons. The van der Waals surface area contributed by atoms with Crippen LogP contribution in [0.4, 0.5) is 0 Å². The maximum Gasteiger partial charge on any atom is 0.240 e. The molecule has 0 radical (unpaired) electrons. The van der Waals surface area contributed by atoms with Crippen molar-refractivity contribution in [2.75, 3.05) is 26.7 Å². The fraction of sp³-hybridized carbons (Fsp3) is 0.500. The number of rotatable bonds is 6. The summed E-state index contributed by atoms with van der Waals surface area (Å²) in [6.07, 6.45) is 2.45. The van der Waals surface area contributed by atoms with Crippen molar-refractivity contribution in [3.05, 3.63) is 35.9 Å². The fourth-order valence-corrected chi connectivity index (χ4v) is 2.78. The lowest BCUT2D eigenvalue weighted by molar-refractivity contribution is -0.130. The maximum absolute atomic E-state index is 12.0. The fourth-order valence-electron chi connectivity index (χ4n) is 2.78. The van der Waals surface area contributed by atoms with Crippen LogP contribution in [-0.2, 0) is 16.0 Å². The Morgan fingerprint density at radius 1 is 1.24 bits per heavy atom. The van der Waals surface area contributed by atoms with Gasteiger partial charge in [0, 0.05) is 12.6 Å². The molecule has 1 unspecified atom stereocenters. The summed E-state index contributed by atoms with van der Waals surface area (Å²) in [4.78, 5) is 25.9. The molecular formula is C16H23N3O2. The highest BCUT2D eigenvalue weighted by Crippen LogP contribution is 2.15. The molecule has 0 bridgehead atoms. The third kappa shape index (κ3) is 4.95. The van der Waals surface area contributed by atoms with Gasteiger partial charge in [-0.2, -0.15) is 0 Å². The van der Waals surface area contributed by atoms with Gasteiger partial charge in [-0.15, -0.1) is 0 Å². The molecular weight excluding hydrogens is 266 g/mol. The highest BCUT2D eigenvalue weighted by Gasteiger charge is 2.25. The predicted molar refractivity (Wildman–Crippen MR) is 81.8 cm³/mol. The second-order valence-corrected chi connectivity index (χ2v) is 5.46. The lowest BCUT2D eigenvalue weighted by Gasteiger charge is -2.23. The first-order chi connectivity index (χ1) is 10.2. The van der Waals surface area contributed by atoms with Gasteiger partial charge in [-0.05, 0) is 32.0 Å². The molecule has 1 aliphatic heterocycles. The molecule has 1 heterocycles. The molecule has 2 rings (SSSR count). The zero-order valence-corrected chi connectivity index (χ0v) is 12.5. The van der Waals surface area contributed by atoms with E-state index < -0.39 is 0 Å². The summed E-state index contributed by atoms with van der Waals surface area (Å²) in [5, 5.41) is 5.62. The Labute approximate surface area is 125 Å². The summed E-state index contributed by atoms with van der Waals surface area (Å²) < 4.78 is 0. The van der Waals surface area contributed by atoms with E-state index in [1.165, 1.54) is 0 Å². The third-order valence-electron chi connectivity index (χ3n) is 3.77. The lowest BCUT2D eigenvalue weighted by atomic mass is 10.1. The van der Waals surface area contributed by atoms with Crippen LogP contribution < -0.4 is 10.6 Å². The molecule has 2 N–H and O–H groups in total. The van der Waals surface area contributed by atoms with Crippen molar-refractivity contribution in [1.29, 1.82) is 0 Å². The Balaban J connectivity index is 1.77. The molecule has 1 aliphatic rings. The molecule has 5 heteroatoms. The number of likely N-dealkylation sites (N-methyl/N-ethyl adjacent to an activating group) is 1. The number of nitrogens with one attached hydrogen (secondary N) is 2. The van der Waals surface area contributed by atoms with Gasteiger partial charge in [0.15, 0.2) is 0 Å². The molecule has 0 aliphatic carbocycles.